The molecule has 0 aromatic rings. The van der Waals surface area contributed by atoms with Crippen molar-refractivity contribution in [3.8, 4) is 0 Å². The average Bonchev–Trinajstić information content (AvgIpc) is 2.36. The van der Waals surface area contributed by atoms with Gasteiger partial charge in [-0.2, -0.15) is 0 Å². The molecule has 1 aliphatic heterocycles. The molecule has 64 valence electrons. The Bertz CT molecular complexity index is 128. The molecule has 0 aromatic heterocycles. The van der Waals surface area contributed by atoms with Gasteiger partial charge >= 0.3 is 0 Å². The highest BCUT2D eigenvalue weighted by molar-refractivity contribution is 6.21. The van der Waals surface area contributed by atoms with Gasteiger partial charge in [-0.25, -0.2) is 0 Å². The van der Waals surface area contributed by atoms with Crippen LogP contribution in [0.2, 0.25) is 0 Å². The lowest BCUT2D eigenvalue weighted by molar-refractivity contribution is -0.0503. The largest absolute Gasteiger partial charge is 0.379 e. The Hall–Kier alpha value is 0.210. The molecule has 11 heavy (non-hydrogen) atoms. The minimum atomic E-state index is 0.351. The summed E-state index contributed by atoms with van der Waals surface area (Å²) in [6.07, 6.45) is 3.88. The summed E-state index contributed by atoms with van der Waals surface area (Å²) in [6, 6.07) is 0. The van der Waals surface area contributed by atoms with E-state index in [4.69, 9.17) is 21.1 Å². The van der Waals surface area contributed by atoms with Crippen LogP contribution in [0, 0.1) is 0 Å². The Kier molecular flexibility index (Phi) is 2.35. The lowest BCUT2D eigenvalue weighted by atomic mass is 9.95. The molecule has 1 atom stereocenters. The quantitative estimate of drug-likeness (QED) is 0.595. The van der Waals surface area contributed by atoms with E-state index < -0.39 is 0 Å². The number of ether oxygens (including phenoxy) is 2. The third kappa shape index (κ3) is 1.86. The molecule has 1 saturated carbocycles. The summed E-state index contributed by atoms with van der Waals surface area (Å²) in [5.74, 6) is 0. The molecule has 1 saturated heterocycles. The number of alkyl halides is 1. The van der Waals surface area contributed by atoms with Crippen LogP contribution < -0.4 is 0 Å². The molecule has 2 rings (SSSR count). The van der Waals surface area contributed by atoms with Gasteiger partial charge in [0.25, 0.3) is 0 Å². The zero-order chi connectivity index (χ0) is 7.68. The number of rotatable bonds is 2. The van der Waals surface area contributed by atoms with Gasteiger partial charge in [0.15, 0.2) is 0 Å². The molecular weight excluding hydrogens is 164 g/mol. The predicted molar refractivity (Wildman–Crippen MR) is 43.0 cm³/mol. The van der Waals surface area contributed by atoms with Gasteiger partial charge < -0.3 is 9.47 Å². The van der Waals surface area contributed by atoms with Gasteiger partial charge in [-0.3, -0.25) is 0 Å². The third-order valence-electron chi connectivity index (χ3n) is 2.31. The van der Waals surface area contributed by atoms with Gasteiger partial charge in [-0.1, -0.05) is 0 Å². The second-order valence-electron chi connectivity index (χ2n) is 3.31. The molecule has 2 fully saturated rings. The zero-order valence-electron chi connectivity index (χ0n) is 6.46. The molecule has 1 heterocycles. The van der Waals surface area contributed by atoms with Crippen LogP contribution in [0.25, 0.3) is 0 Å². The first kappa shape index (κ1) is 7.84. The van der Waals surface area contributed by atoms with E-state index in [1.165, 1.54) is 0 Å². The zero-order valence-corrected chi connectivity index (χ0v) is 7.22. The molecule has 0 amide bonds. The summed E-state index contributed by atoms with van der Waals surface area (Å²) < 4.78 is 10.9. The fourth-order valence-corrected chi connectivity index (χ4v) is 1.90. The minimum absolute atomic E-state index is 0.351. The third-order valence-corrected chi connectivity index (χ3v) is 2.67. The van der Waals surface area contributed by atoms with Crippen molar-refractivity contribution in [1.82, 2.24) is 0 Å². The van der Waals surface area contributed by atoms with Crippen LogP contribution in [0.1, 0.15) is 19.3 Å². The molecule has 0 aromatic carbocycles. The molecule has 0 spiro atoms. The SMILES string of the molecule is ClC1CC(OC2CCOC2)C1. The fraction of sp³-hybridized carbons (Fsp3) is 1.00. The summed E-state index contributed by atoms with van der Waals surface area (Å²) in [5, 5.41) is 0.363. The van der Waals surface area contributed by atoms with Gasteiger partial charge in [0.1, 0.15) is 0 Å². The van der Waals surface area contributed by atoms with E-state index in [-0.39, 0.29) is 0 Å². The fourth-order valence-electron chi connectivity index (χ4n) is 1.50. The Balaban J connectivity index is 1.66. The van der Waals surface area contributed by atoms with Crippen molar-refractivity contribution in [2.24, 2.45) is 0 Å². The molecular formula is C8H13ClO2. The highest BCUT2D eigenvalue weighted by atomic mass is 35.5. The Labute approximate surface area is 71.8 Å². The summed E-state index contributed by atoms with van der Waals surface area (Å²) >= 11 is 5.82. The van der Waals surface area contributed by atoms with Gasteiger partial charge in [0, 0.05) is 12.0 Å². The van der Waals surface area contributed by atoms with Gasteiger partial charge in [0.05, 0.1) is 18.8 Å². The second kappa shape index (κ2) is 3.30. The van der Waals surface area contributed by atoms with Crippen LogP contribution in [0.15, 0.2) is 0 Å². The van der Waals surface area contributed by atoms with E-state index in [1.807, 2.05) is 0 Å². The van der Waals surface area contributed by atoms with Crippen LogP contribution in [-0.4, -0.2) is 30.8 Å². The molecule has 2 nitrogen and oxygen atoms in total. The smallest absolute Gasteiger partial charge is 0.0834 e. The molecule has 1 aliphatic carbocycles. The van der Waals surface area contributed by atoms with Crippen LogP contribution >= 0.6 is 11.6 Å². The highest BCUT2D eigenvalue weighted by Gasteiger charge is 2.31. The second-order valence-corrected chi connectivity index (χ2v) is 3.93. The number of hydrogen-bond acceptors (Lipinski definition) is 2. The maximum atomic E-state index is 5.82. The van der Waals surface area contributed by atoms with Crippen molar-refractivity contribution in [2.75, 3.05) is 13.2 Å². The first-order valence-corrected chi connectivity index (χ1v) is 4.65. The normalized spacial score (nSPS) is 43.9. The molecule has 0 bridgehead atoms. The average molecular weight is 177 g/mol. The van der Waals surface area contributed by atoms with Crippen LogP contribution in [0.3, 0.4) is 0 Å². The summed E-state index contributed by atoms with van der Waals surface area (Å²) in [6.45, 7) is 1.64. The molecule has 1 unspecified atom stereocenters. The molecule has 3 heteroatoms. The lowest BCUT2D eigenvalue weighted by Crippen LogP contribution is -2.35. The summed E-state index contributed by atoms with van der Waals surface area (Å²) in [4.78, 5) is 0. The minimum Gasteiger partial charge on any atom is -0.379 e. The van der Waals surface area contributed by atoms with Crippen molar-refractivity contribution in [3.63, 3.8) is 0 Å². The lowest BCUT2D eigenvalue weighted by Gasteiger charge is -2.32. The predicted octanol–water partition coefficient (Wildman–Crippen LogP) is 1.56. The van der Waals surface area contributed by atoms with E-state index in [1.54, 1.807) is 0 Å². The number of halogens is 1. The van der Waals surface area contributed by atoms with E-state index in [9.17, 15) is 0 Å². The van der Waals surface area contributed by atoms with Crippen LogP contribution in [0.5, 0.6) is 0 Å². The van der Waals surface area contributed by atoms with E-state index in [2.05, 4.69) is 0 Å². The molecule has 0 N–H and O–H groups in total. The van der Waals surface area contributed by atoms with Crippen LogP contribution in [0.4, 0.5) is 0 Å². The number of hydrogen-bond donors (Lipinski definition) is 0. The summed E-state index contributed by atoms with van der Waals surface area (Å²) in [5.41, 5.74) is 0. The van der Waals surface area contributed by atoms with Crippen molar-refractivity contribution in [1.29, 1.82) is 0 Å². The maximum absolute atomic E-state index is 5.82. The van der Waals surface area contributed by atoms with Gasteiger partial charge in [-0.15, -0.1) is 11.6 Å². The van der Waals surface area contributed by atoms with Crippen molar-refractivity contribution in [3.05, 3.63) is 0 Å². The van der Waals surface area contributed by atoms with Gasteiger partial charge in [0.2, 0.25) is 0 Å². The Morgan fingerprint density at radius 3 is 2.64 bits per heavy atom. The van der Waals surface area contributed by atoms with E-state index >= 15 is 0 Å². The van der Waals surface area contributed by atoms with Crippen molar-refractivity contribution >= 4 is 11.6 Å². The Morgan fingerprint density at radius 1 is 1.27 bits per heavy atom. The Morgan fingerprint density at radius 2 is 2.09 bits per heavy atom. The van der Waals surface area contributed by atoms with Gasteiger partial charge in [-0.05, 0) is 19.3 Å². The van der Waals surface area contributed by atoms with Crippen molar-refractivity contribution < 1.29 is 9.47 Å². The molecule has 0 radical (unpaired) electrons. The maximum Gasteiger partial charge on any atom is 0.0834 e. The summed E-state index contributed by atoms with van der Waals surface area (Å²) in [7, 11) is 0. The topological polar surface area (TPSA) is 18.5 Å². The monoisotopic (exact) mass is 176 g/mol. The highest BCUT2D eigenvalue weighted by Crippen LogP contribution is 2.30. The molecule has 2 aliphatic rings. The first-order chi connectivity index (χ1) is 5.34. The standard InChI is InChI=1S/C8H13ClO2/c9-6-3-8(4-6)11-7-1-2-10-5-7/h6-8H,1-5H2. The van der Waals surface area contributed by atoms with Crippen molar-refractivity contribution in [2.45, 2.75) is 36.8 Å². The first-order valence-electron chi connectivity index (χ1n) is 4.22. The van der Waals surface area contributed by atoms with E-state index in [0.717, 1.165) is 32.5 Å². The van der Waals surface area contributed by atoms with E-state index in [0.29, 0.717) is 17.6 Å². The van der Waals surface area contributed by atoms with Crippen LogP contribution in [-0.2, 0) is 9.47 Å².